The molecular weight excluding hydrogens is 348 g/mol. The molecule has 1 saturated heterocycles. The van der Waals surface area contributed by atoms with Gasteiger partial charge in [-0.3, -0.25) is 0 Å². The van der Waals surface area contributed by atoms with Gasteiger partial charge in [-0.25, -0.2) is 0 Å². The fourth-order valence-corrected chi connectivity index (χ4v) is 3.20. The third-order valence-corrected chi connectivity index (χ3v) is 4.56. The van der Waals surface area contributed by atoms with Crippen molar-refractivity contribution < 1.29 is 0 Å². The molecule has 4 rings (SSSR count). The molecule has 0 saturated carbocycles. The number of hydrogen-bond acceptors (Lipinski definition) is 6. The molecule has 1 fully saturated rings. The van der Waals surface area contributed by atoms with Gasteiger partial charge in [0.1, 0.15) is 0 Å². The van der Waals surface area contributed by atoms with Crippen molar-refractivity contribution in [2.24, 2.45) is 0 Å². The quantitative estimate of drug-likeness (QED) is 0.761. The Balaban J connectivity index is 1.43. The smallest absolute Gasteiger partial charge is 0.247 e. The molecule has 6 nitrogen and oxygen atoms in total. The van der Waals surface area contributed by atoms with Crippen LogP contribution in [-0.2, 0) is 0 Å². The van der Waals surface area contributed by atoms with Crippen LogP contribution < -0.4 is 15.1 Å². The summed E-state index contributed by atoms with van der Waals surface area (Å²) in [7, 11) is 0. The molecule has 1 N–H and O–H groups in total. The van der Waals surface area contributed by atoms with E-state index in [9.17, 15) is 0 Å². The molecule has 2 aromatic carbocycles. The fourth-order valence-electron chi connectivity index (χ4n) is 3.01. The summed E-state index contributed by atoms with van der Waals surface area (Å²) >= 11 is 6.03. The Bertz CT molecular complexity index is 865. The van der Waals surface area contributed by atoms with Gasteiger partial charge in [0.2, 0.25) is 5.95 Å². The van der Waals surface area contributed by atoms with Crippen LogP contribution in [0.4, 0.5) is 23.1 Å². The molecule has 0 radical (unpaired) electrons. The number of benzene rings is 2. The summed E-state index contributed by atoms with van der Waals surface area (Å²) in [4.78, 5) is 9.13. The topological polar surface area (TPSA) is 57.2 Å². The molecule has 3 aromatic rings. The summed E-state index contributed by atoms with van der Waals surface area (Å²) < 4.78 is 0. The number of para-hydroxylation sites is 1. The molecule has 0 bridgehead atoms. The number of nitrogens with zero attached hydrogens (tertiary/aromatic N) is 5. The van der Waals surface area contributed by atoms with Gasteiger partial charge in [0.05, 0.1) is 6.20 Å². The Kier molecular flexibility index (Phi) is 4.84. The number of anilines is 4. The minimum atomic E-state index is 0.643. The second kappa shape index (κ2) is 7.58. The maximum atomic E-state index is 6.03. The molecule has 1 aromatic heterocycles. The number of aromatic nitrogens is 3. The van der Waals surface area contributed by atoms with Crippen molar-refractivity contribution in [3.63, 3.8) is 0 Å². The van der Waals surface area contributed by atoms with E-state index >= 15 is 0 Å². The van der Waals surface area contributed by atoms with Crippen LogP contribution in [0.15, 0.2) is 60.8 Å². The highest BCUT2D eigenvalue weighted by Gasteiger charge is 2.19. The van der Waals surface area contributed by atoms with Gasteiger partial charge in [0.15, 0.2) is 5.82 Å². The molecule has 0 atom stereocenters. The molecule has 7 heteroatoms. The molecule has 26 heavy (non-hydrogen) atoms. The van der Waals surface area contributed by atoms with E-state index in [2.05, 4.69) is 54.6 Å². The molecule has 132 valence electrons. The molecule has 1 aliphatic heterocycles. The van der Waals surface area contributed by atoms with Crippen LogP contribution in [-0.4, -0.2) is 41.4 Å². The zero-order chi connectivity index (χ0) is 17.8. The average Bonchev–Trinajstić information content (AvgIpc) is 2.69. The first-order valence-corrected chi connectivity index (χ1v) is 8.93. The minimum Gasteiger partial charge on any atom is -0.368 e. The molecule has 0 unspecified atom stereocenters. The fraction of sp³-hybridized carbons (Fsp3) is 0.211. The molecule has 1 aliphatic rings. The number of hydrogen-bond donors (Lipinski definition) is 1. The van der Waals surface area contributed by atoms with Crippen molar-refractivity contribution in [3.8, 4) is 0 Å². The van der Waals surface area contributed by atoms with Crippen LogP contribution in [0.5, 0.6) is 0 Å². The SMILES string of the molecule is Clc1cccc(Nc2cnnc(N3CCN(c4ccccc4)CC3)n2)c1. The van der Waals surface area contributed by atoms with E-state index in [0.717, 1.165) is 31.9 Å². The number of nitrogens with one attached hydrogen (secondary N) is 1. The summed E-state index contributed by atoms with van der Waals surface area (Å²) in [5.41, 5.74) is 2.13. The lowest BCUT2D eigenvalue weighted by atomic mass is 10.2. The largest absolute Gasteiger partial charge is 0.368 e. The van der Waals surface area contributed by atoms with Crippen molar-refractivity contribution in [2.45, 2.75) is 0 Å². The van der Waals surface area contributed by atoms with Gasteiger partial charge in [0, 0.05) is 42.6 Å². The lowest BCUT2D eigenvalue weighted by Crippen LogP contribution is -2.47. The number of rotatable bonds is 4. The first-order valence-electron chi connectivity index (χ1n) is 8.55. The Hall–Kier alpha value is -2.86. The van der Waals surface area contributed by atoms with E-state index in [1.165, 1.54) is 5.69 Å². The maximum Gasteiger partial charge on any atom is 0.247 e. The molecule has 2 heterocycles. The summed E-state index contributed by atoms with van der Waals surface area (Å²) in [5, 5.41) is 12.2. The lowest BCUT2D eigenvalue weighted by molar-refractivity contribution is 0.635. The van der Waals surface area contributed by atoms with E-state index in [-0.39, 0.29) is 0 Å². The molecular formula is C19H19ClN6. The summed E-state index contributed by atoms with van der Waals surface area (Å²) in [5.74, 6) is 1.30. The van der Waals surface area contributed by atoms with E-state index in [4.69, 9.17) is 11.6 Å². The van der Waals surface area contributed by atoms with E-state index in [0.29, 0.717) is 16.8 Å². The number of piperazine rings is 1. The second-order valence-electron chi connectivity index (χ2n) is 6.09. The van der Waals surface area contributed by atoms with Gasteiger partial charge < -0.3 is 15.1 Å². The van der Waals surface area contributed by atoms with Gasteiger partial charge in [0.25, 0.3) is 0 Å². The monoisotopic (exact) mass is 366 g/mol. The van der Waals surface area contributed by atoms with Crippen LogP contribution in [0.3, 0.4) is 0 Å². The second-order valence-corrected chi connectivity index (χ2v) is 6.52. The lowest BCUT2D eigenvalue weighted by Gasteiger charge is -2.35. The highest BCUT2D eigenvalue weighted by Crippen LogP contribution is 2.21. The first-order chi connectivity index (χ1) is 12.8. The van der Waals surface area contributed by atoms with Gasteiger partial charge in [-0.15, -0.1) is 5.10 Å². The van der Waals surface area contributed by atoms with Crippen molar-refractivity contribution in [3.05, 3.63) is 65.8 Å². The van der Waals surface area contributed by atoms with Crippen LogP contribution >= 0.6 is 11.6 Å². The van der Waals surface area contributed by atoms with Gasteiger partial charge in [-0.2, -0.15) is 10.1 Å². The Morgan fingerprint density at radius 2 is 1.65 bits per heavy atom. The Labute approximate surface area is 157 Å². The van der Waals surface area contributed by atoms with Crippen molar-refractivity contribution in [2.75, 3.05) is 41.3 Å². The molecule has 0 aliphatic carbocycles. The maximum absolute atomic E-state index is 6.03. The van der Waals surface area contributed by atoms with Crippen LogP contribution in [0.2, 0.25) is 5.02 Å². The van der Waals surface area contributed by atoms with Gasteiger partial charge in [-0.1, -0.05) is 35.9 Å². The van der Waals surface area contributed by atoms with Crippen LogP contribution in [0, 0.1) is 0 Å². The molecule has 0 spiro atoms. The van der Waals surface area contributed by atoms with E-state index < -0.39 is 0 Å². The van der Waals surface area contributed by atoms with Crippen LogP contribution in [0.1, 0.15) is 0 Å². The zero-order valence-corrected chi connectivity index (χ0v) is 15.0. The zero-order valence-electron chi connectivity index (χ0n) is 14.2. The highest BCUT2D eigenvalue weighted by molar-refractivity contribution is 6.30. The highest BCUT2D eigenvalue weighted by atomic mass is 35.5. The van der Waals surface area contributed by atoms with Crippen molar-refractivity contribution >= 4 is 34.7 Å². The van der Waals surface area contributed by atoms with E-state index in [1.807, 2.05) is 30.3 Å². The Morgan fingerprint density at radius 3 is 2.42 bits per heavy atom. The standard InChI is InChI=1S/C19H19ClN6/c20-15-5-4-6-16(13-15)22-18-14-21-24-19(23-18)26-11-9-25(10-12-26)17-7-2-1-3-8-17/h1-8,13-14H,9-12H2,(H,22,23,24). The van der Waals surface area contributed by atoms with Crippen molar-refractivity contribution in [1.29, 1.82) is 0 Å². The molecule has 0 amide bonds. The summed E-state index contributed by atoms with van der Waals surface area (Å²) in [6.45, 7) is 3.58. The average molecular weight is 367 g/mol. The predicted molar refractivity (Wildman–Crippen MR) is 105 cm³/mol. The predicted octanol–water partition coefficient (Wildman–Crippen LogP) is 3.60. The van der Waals surface area contributed by atoms with Crippen LogP contribution in [0.25, 0.3) is 0 Å². The first kappa shape index (κ1) is 16.6. The summed E-state index contributed by atoms with van der Waals surface area (Å²) in [6, 6.07) is 18.0. The third-order valence-electron chi connectivity index (χ3n) is 4.33. The normalized spacial score (nSPS) is 14.3. The summed E-state index contributed by atoms with van der Waals surface area (Å²) in [6.07, 6.45) is 1.62. The van der Waals surface area contributed by atoms with E-state index in [1.54, 1.807) is 6.20 Å². The number of halogens is 1. The van der Waals surface area contributed by atoms with Crippen molar-refractivity contribution in [1.82, 2.24) is 15.2 Å². The Morgan fingerprint density at radius 1 is 0.885 bits per heavy atom. The van der Waals surface area contributed by atoms with Gasteiger partial charge >= 0.3 is 0 Å². The third kappa shape index (κ3) is 3.86. The minimum absolute atomic E-state index is 0.643. The van der Waals surface area contributed by atoms with Gasteiger partial charge in [-0.05, 0) is 30.3 Å².